The Balaban J connectivity index is 0.000000251. The zero-order valence-electron chi connectivity index (χ0n) is 50.6. The molecule has 0 aliphatic rings. The summed E-state index contributed by atoms with van der Waals surface area (Å²) in [6, 6.07) is 79.1. The minimum Gasteiger partial charge on any atom is -0.0622 e. The summed E-state index contributed by atoms with van der Waals surface area (Å²) in [6.45, 7) is 3.47. The molecular formula is C70H59Br3Cl3F2NO10P2PdZn. The van der Waals surface area contributed by atoms with Gasteiger partial charge in [-0.05, 0) is 145 Å². The molecule has 0 fully saturated rings. The number of hydrogen-bond donors (Lipinski definition) is 1. The van der Waals surface area contributed by atoms with Crippen LogP contribution in [0.25, 0.3) is 11.1 Å². The minimum atomic E-state index is -0.937. The fourth-order valence-corrected chi connectivity index (χ4v) is 13.7. The van der Waals surface area contributed by atoms with E-state index in [2.05, 4.69) is 249 Å². The summed E-state index contributed by atoms with van der Waals surface area (Å²) in [5.74, 6) is -2.62. The summed E-state index contributed by atoms with van der Waals surface area (Å²) >= 11 is 10.2. The van der Waals surface area contributed by atoms with Crippen molar-refractivity contribution in [3.63, 3.8) is 0 Å². The molecule has 11 aromatic rings. The second-order valence-corrected chi connectivity index (χ2v) is 27.4. The number of carbonyl (C=O) groups is 4. The van der Waals surface area contributed by atoms with E-state index in [4.69, 9.17) is 42.0 Å². The third-order valence-electron chi connectivity index (χ3n) is 12.3. The Labute approximate surface area is 598 Å². The number of hydrogen-bond acceptors (Lipinski definition) is 10. The Morgan fingerprint density at radius 2 is 0.753 bits per heavy atom. The van der Waals surface area contributed by atoms with Crippen molar-refractivity contribution in [1.82, 2.24) is 0 Å². The summed E-state index contributed by atoms with van der Waals surface area (Å²) in [4.78, 5) is 45.3. The molecule has 0 saturated carbocycles. The Bertz CT molecular complexity index is 3600. The Kier molecular flexibility index (Phi) is 36.6. The molecule has 1 N–H and O–H groups in total. The van der Waals surface area contributed by atoms with Gasteiger partial charge in [-0.15, -0.1) is 0 Å². The summed E-state index contributed by atoms with van der Waals surface area (Å²) in [7, 11) is 17.4. The average molecular weight is 1690 g/mol. The van der Waals surface area contributed by atoms with Gasteiger partial charge < -0.3 is 40.2 Å². The van der Waals surface area contributed by atoms with Crippen LogP contribution < -0.4 is 37.1 Å². The molecule has 0 radical (unpaired) electrons. The van der Waals surface area contributed by atoms with E-state index >= 15 is 0 Å². The number of rotatable bonds is 12. The van der Waals surface area contributed by atoms with Gasteiger partial charge in [0.2, 0.25) is 17.3 Å². The number of esters is 3. The monoisotopic (exact) mass is 1680 g/mol. The van der Waals surface area contributed by atoms with Crippen molar-refractivity contribution < 1.29 is 88.7 Å². The van der Waals surface area contributed by atoms with Crippen LogP contribution in [0.2, 0.25) is 0 Å². The molecule has 23 heteroatoms. The first kappa shape index (κ1) is 79.2. The van der Waals surface area contributed by atoms with E-state index in [-0.39, 0.29) is 40.6 Å². The van der Waals surface area contributed by atoms with E-state index in [9.17, 15) is 28.0 Å². The Hall–Kier alpha value is -6.20. The third-order valence-corrected chi connectivity index (χ3v) is 19.7. The first-order valence-corrected chi connectivity index (χ1v) is 39.9. The Morgan fingerprint density at radius 1 is 0.452 bits per heavy atom. The van der Waals surface area contributed by atoms with Crippen molar-refractivity contribution in [2.24, 2.45) is 0 Å². The van der Waals surface area contributed by atoms with Gasteiger partial charge in [0.05, 0.1) is 30.3 Å². The van der Waals surface area contributed by atoms with Crippen LogP contribution >= 0.6 is 92.4 Å². The first-order chi connectivity index (χ1) is 44.5. The number of amides is 1. The molecule has 8 aromatic carbocycles. The number of nitrogens with one attached hydrogen (secondary N) is 1. The second-order valence-electron chi connectivity index (χ2n) is 18.2. The second kappa shape index (κ2) is 43.0. The van der Waals surface area contributed by atoms with Gasteiger partial charge in [0.1, 0.15) is 28.7 Å². The van der Waals surface area contributed by atoms with Gasteiger partial charge in [-0.3, -0.25) is 4.79 Å². The largest absolute Gasteiger partial charge is 0.0622 e. The molecule has 11 nitrogen and oxygen atoms in total. The maximum atomic E-state index is 13.7. The van der Waals surface area contributed by atoms with Crippen LogP contribution in [0, 0.1) is 32.9 Å². The number of carbonyl (C=O) groups excluding carboxylic acids is 4. The minimum absolute atomic E-state index is 0. The van der Waals surface area contributed by atoms with Gasteiger partial charge in [0, 0.05) is 23.4 Å². The van der Waals surface area contributed by atoms with Gasteiger partial charge in [-0.1, -0.05) is 200 Å². The summed E-state index contributed by atoms with van der Waals surface area (Å²) in [6.07, 6.45) is 0. The first-order valence-electron chi connectivity index (χ1n) is 26.9. The van der Waals surface area contributed by atoms with Crippen molar-refractivity contribution in [2.45, 2.75) is 13.8 Å². The van der Waals surface area contributed by atoms with E-state index < -0.39 is 56.9 Å². The number of benzene rings is 8. The predicted octanol–water partition coefficient (Wildman–Crippen LogP) is 18.7. The van der Waals surface area contributed by atoms with Gasteiger partial charge in [-0.25, -0.2) is 23.2 Å². The van der Waals surface area contributed by atoms with Crippen LogP contribution in [0.5, 0.6) is 0 Å². The molecule has 0 bridgehead atoms. The van der Waals surface area contributed by atoms with Crippen LogP contribution in [0.4, 0.5) is 14.5 Å². The standard InChI is InChI=1S/C20H15F2NO4.2C18H15P.C7H7BrO3.C6H4Br2O3.CH3.3ClH.Pd.Zn/c1-11-14(10-17(27-11)20(25)26-2)12-6-8-13(9-7-12)23-19(24)18-15(21)4-3-5-16(18)22;2*1-4-10-16(11-5-1)19(17-12-6-2-7-13-17)18-14-8-3-9-15-18;1-4-5(8)3-6(11-4)7(9)10-2;1-10-6(9)4-2-3(7)5(8)11-4;;;;;;/h3-10H,1-2H3,(H,23,24);2*1-15H;3H,1-2H3;2H,1H3;1H3;3*1H;;/q;;;;;-1;;;;2*+2/p-3. The molecule has 0 aliphatic carbocycles. The fraction of sp³-hybridized carbons (Fsp3) is 0.0714. The smallest absolute Gasteiger partial charge is 0.0134 e. The van der Waals surface area contributed by atoms with Crippen LogP contribution in [0.3, 0.4) is 0 Å². The number of aryl methyl sites for hydroxylation is 2. The van der Waals surface area contributed by atoms with Crippen molar-refractivity contribution in [1.29, 1.82) is 0 Å². The number of halogens is 8. The summed E-state index contributed by atoms with van der Waals surface area (Å²) in [5.41, 5.74) is 1.14. The zero-order valence-corrected chi connectivity index (χ0v) is 64.0. The van der Waals surface area contributed by atoms with Gasteiger partial charge in [0.25, 0.3) is 5.91 Å². The average Bonchev–Trinajstić information content (AvgIpc) is 1.44. The van der Waals surface area contributed by atoms with E-state index in [1.807, 2.05) is 0 Å². The molecule has 3 aromatic heterocycles. The topological polar surface area (TPSA) is 147 Å². The molecular weight excluding hydrogens is 1630 g/mol. The van der Waals surface area contributed by atoms with Crippen molar-refractivity contribution in [2.75, 3.05) is 26.6 Å². The van der Waals surface area contributed by atoms with Gasteiger partial charge >= 0.3 is 79.9 Å². The number of methoxy groups -OCH3 is 3. The number of furan rings is 3. The number of anilines is 1. The van der Waals surface area contributed by atoms with Gasteiger partial charge in [-0.2, -0.15) is 0 Å². The Morgan fingerprint density at radius 3 is 1.04 bits per heavy atom. The molecule has 1 amide bonds. The molecule has 0 atom stereocenters. The third kappa shape index (κ3) is 24.8. The molecule has 482 valence electrons. The van der Waals surface area contributed by atoms with E-state index in [0.29, 0.717) is 31.9 Å². The van der Waals surface area contributed by atoms with Crippen molar-refractivity contribution >= 4 is 154 Å². The molecule has 0 unspecified atom stereocenters. The predicted molar refractivity (Wildman–Crippen MR) is 377 cm³/mol. The quantitative estimate of drug-likeness (QED) is 0.0412. The maximum absolute atomic E-state index is 13.7. The van der Waals surface area contributed by atoms with Crippen LogP contribution in [0.15, 0.2) is 270 Å². The van der Waals surface area contributed by atoms with Gasteiger partial charge in [0.15, 0.2) is 4.67 Å². The van der Waals surface area contributed by atoms with E-state index in [0.717, 1.165) is 39.5 Å². The molecule has 0 aliphatic heterocycles. The fourth-order valence-electron chi connectivity index (χ4n) is 8.18. The summed E-state index contributed by atoms with van der Waals surface area (Å²) in [5, 5.41) is 10.8. The summed E-state index contributed by atoms with van der Waals surface area (Å²) < 4.78 is 58.2. The van der Waals surface area contributed by atoms with Crippen LogP contribution in [-0.2, 0) is 47.5 Å². The molecule has 11 rings (SSSR count). The molecule has 3 heterocycles. The molecule has 0 saturated heterocycles. The maximum Gasteiger partial charge on any atom is -0.0134 e. The molecule has 0 spiro atoms. The van der Waals surface area contributed by atoms with Crippen LogP contribution in [0.1, 0.15) is 53.5 Å². The SMILES string of the molecule is COC(=O)c1cc(-c2ccc(NC(=O)c3c(F)cccc3F)cc2)c(C)o1.COC(=O)c1cc(Br)c(Br)o1.COC(=O)c1cc(Br)c(C)o1.[CH3-].[Cl][Pd][Cl].[Cl][Zn+].c1ccc(P(c2ccccc2)c2ccccc2)cc1.c1ccc(P(c2ccccc2)c2ccccc2)cc1. The van der Waals surface area contributed by atoms with E-state index in [1.165, 1.54) is 65.3 Å². The molecule has 93 heavy (non-hydrogen) atoms. The normalized spacial score (nSPS) is 9.99. The van der Waals surface area contributed by atoms with Crippen LogP contribution in [-0.4, -0.2) is 45.1 Å². The van der Waals surface area contributed by atoms with Crippen molar-refractivity contribution in [3.8, 4) is 11.1 Å². The van der Waals surface area contributed by atoms with E-state index in [1.54, 1.807) is 50.2 Å². The number of ether oxygens (including phenoxy) is 3. The zero-order chi connectivity index (χ0) is 67.0. The van der Waals surface area contributed by atoms with Crippen molar-refractivity contribution in [3.05, 3.63) is 310 Å².